The first-order valence-corrected chi connectivity index (χ1v) is 5.14. The molecule has 0 unspecified atom stereocenters. The summed E-state index contributed by atoms with van der Waals surface area (Å²) in [5, 5.41) is 0. The molecule has 5 heteroatoms. The van der Waals surface area contributed by atoms with E-state index >= 15 is 0 Å². The highest BCUT2D eigenvalue weighted by molar-refractivity contribution is 5.57. The van der Waals surface area contributed by atoms with Gasteiger partial charge in [0.05, 0.1) is 11.4 Å². The Morgan fingerprint density at radius 1 is 1.44 bits per heavy atom. The molecule has 0 bridgehead atoms. The second-order valence-electron chi connectivity index (χ2n) is 3.32. The highest BCUT2D eigenvalue weighted by Gasteiger charge is 2.05. The van der Waals surface area contributed by atoms with E-state index in [9.17, 15) is 0 Å². The van der Waals surface area contributed by atoms with Crippen molar-refractivity contribution in [3.8, 4) is 11.4 Å². The molecule has 3 N–H and O–H groups in total. The molecule has 0 aliphatic rings. The van der Waals surface area contributed by atoms with Gasteiger partial charge in [0.1, 0.15) is 12.4 Å². The Hall–Kier alpha value is -1.88. The van der Waals surface area contributed by atoms with Crippen LogP contribution in [0.5, 0.6) is 0 Å². The molecule has 5 nitrogen and oxygen atoms in total. The van der Waals surface area contributed by atoms with Crippen LogP contribution in [0.1, 0.15) is 12.7 Å². The fourth-order valence-electron chi connectivity index (χ4n) is 1.40. The second-order valence-corrected chi connectivity index (χ2v) is 3.32. The summed E-state index contributed by atoms with van der Waals surface area (Å²) in [4.78, 5) is 11.6. The third-order valence-electron chi connectivity index (χ3n) is 2.10. The summed E-state index contributed by atoms with van der Waals surface area (Å²) < 4.78 is 5.26. The third-order valence-corrected chi connectivity index (χ3v) is 2.10. The van der Waals surface area contributed by atoms with Crippen molar-refractivity contribution >= 4 is 5.82 Å². The summed E-state index contributed by atoms with van der Waals surface area (Å²) in [7, 11) is 0. The van der Waals surface area contributed by atoms with Crippen LogP contribution >= 0.6 is 0 Å². The maximum atomic E-state index is 5.72. The van der Waals surface area contributed by atoms with Crippen molar-refractivity contribution in [1.82, 2.24) is 15.0 Å². The number of nitrogen functional groups attached to an aromatic ring is 1. The Balaban J connectivity index is 2.29. The van der Waals surface area contributed by atoms with Gasteiger partial charge in [-0.05, 0) is 19.1 Å². The molecule has 0 aliphatic carbocycles. The zero-order valence-corrected chi connectivity index (χ0v) is 9.10. The predicted octanol–water partition coefficient (Wildman–Crippen LogP) is 1.59. The lowest BCUT2D eigenvalue weighted by Gasteiger charge is -2.04. The fourth-order valence-corrected chi connectivity index (χ4v) is 1.40. The minimum absolute atomic E-state index is 0.384. The number of nitrogens with zero attached hydrogens (tertiary/aromatic N) is 2. The van der Waals surface area contributed by atoms with Crippen molar-refractivity contribution in [3.63, 3.8) is 0 Å². The Kier molecular flexibility index (Phi) is 3.16. The molecule has 0 aliphatic heterocycles. The van der Waals surface area contributed by atoms with Crippen molar-refractivity contribution in [1.29, 1.82) is 0 Å². The number of rotatable bonds is 4. The van der Waals surface area contributed by atoms with Gasteiger partial charge in [-0.3, -0.25) is 0 Å². The topological polar surface area (TPSA) is 76.8 Å². The zero-order chi connectivity index (χ0) is 11.4. The second kappa shape index (κ2) is 4.76. The molecule has 2 rings (SSSR count). The molecule has 0 atom stereocenters. The average Bonchev–Trinajstić information content (AvgIpc) is 2.79. The van der Waals surface area contributed by atoms with E-state index in [2.05, 4.69) is 15.0 Å². The highest BCUT2D eigenvalue weighted by Crippen LogP contribution is 2.16. The number of nitrogens with two attached hydrogens (primary N) is 1. The highest BCUT2D eigenvalue weighted by atomic mass is 16.5. The van der Waals surface area contributed by atoms with Crippen LogP contribution in [0.2, 0.25) is 0 Å². The lowest BCUT2D eigenvalue weighted by atomic mass is 10.3. The van der Waals surface area contributed by atoms with Gasteiger partial charge >= 0.3 is 0 Å². The SMILES string of the molecule is CCOCc1nc(N)cc(-c2ccc[nH]2)n1. The normalized spacial score (nSPS) is 10.6. The summed E-state index contributed by atoms with van der Waals surface area (Å²) >= 11 is 0. The molecular formula is C11H14N4O. The molecule has 2 aromatic rings. The molecule has 2 heterocycles. The van der Waals surface area contributed by atoms with Crippen molar-refractivity contribution in [2.45, 2.75) is 13.5 Å². The molecule has 0 aromatic carbocycles. The molecule has 0 fully saturated rings. The molecule has 2 aromatic heterocycles. The maximum Gasteiger partial charge on any atom is 0.157 e. The maximum absolute atomic E-state index is 5.72. The van der Waals surface area contributed by atoms with Crippen molar-refractivity contribution < 1.29 is 4.74 Å². The van der Waals surface area contributed by atoms with Gasteiger partial charge < -0.3 is 15.5 Å². The number of nitrogens with one attached hydrogen (secondary N) is 1. The average molecular weight is 218 g/mol. The number of H-pyrrole nitrogens is 1. The van der Waals surface area contributed by atoms with Crippen LogP contribution in [0.25, 0.3) is 11.4 Å². The van der Waals surface area contributed by atoms with Gasteiger partial charge in [-0.2, -0.15) is 0 Å². The molecule has 0 saturated carbocycles. The monoisotopic (exact) mass is 218 g/mol. The summed E-state index contributed by atoms with van der Waals surface area (Å²) in [5.74, 6) is 1.06. The number of hydrogen-bond acceptors (Lipinski definition) is 4. The van der Waals surface area contributed by atoms with Gasteiger partial charge in [-0.25, -0.2) is 9.97 Å². The van der Waals surface area contributed by atoms with Crippen LogP contribution in [0.3, 0.4) is 0 Å². The van der Waals surface area contributed by atoms with Crippen LogP contribution in [-0.2, 0) is 11.3 Å². The van der Waals surface area contributed by atoms with Gasteiger partial charge in [-0.1, -0.05) is 0 Å². The zero-order valence-electron chi connectivity index (χ0n) is 9.10. The largest absolute Gasteiger partial charge is 0.384 e. The number of aromatic amines is 1. The molecule has 0 amide bonds. The lowest BCUT2D eigenvalue weighted by molar-refractivity contribution is 0.128. The van der Waals surface area contributed by atoms with Gasteiger partial charge in [-0.15, -0.1) is 0 Å². The fraction of sp³-hybridized carbons (Fsp3) is 0.273. The molecule has 0 spiro atoms. The van der Waals surface area contributed by atoms with Crippen LogP contribution in [0.15, 0.2) is 24.4 Å². The van der Waals surface area contributed by atoms with Crippen molar-refractivity contribution in [2.75, 3.05) is 12.3 Å². The number of anilines is 1. The molecule has 84 valence electrons. The first-order chi connectivity index (χ1) is 7.79. The Morgan fingerprint density at radius 3 is 3.00 bits per heavy atom. The minimum Gasteiger partial charge on any atom is -0.384 e. The van der Waals surface area contributed by atoms with E-state index in [1.807, 2.05) is 25.3 Å². The number of aromatic nitrogens is 3. The lowest BCUT2D eigenvalue weighted by Crippen LogP contribution is -2.03. The van der Waals surface area contributed by atoms with Gasteiger partial charge in [0.25, 0.3) is 0 Å². The van der Waals surface area contributed by atoms with Crippen LogP contribution in [-0.4, -0.2) is 21.6 Å². The van der Waals surface area contributed by atoms with E-state index in [0.29, 0.717) is 24.9 Å². The van der Waals surface area contributed by atoms with E-state index in [1.165, 1.54) is 0 Å². The number of hydrogen-bond donors (Lipinski definition) is 2. The van der Waals surface area contributed by atoms with Crippen LogP contribution < -0.4 is 5.73 Å². The van der Waals surface area contributed by atoms with Gasteiger partial charge in [0.2, 0.25) is 0 Å². The molecular weight excluding hydrogens is 204 g/mol. The summed E-state index contributed by atoms with van der Waals surface area (Å²) in [6.45, 7) is 2.95. The first-order valence-electron chi connectivity index (χ1n) is 5.14. The number of ether oxygens (including phenoxy) is 1. The van der Waals surface area contributed by atoms with E-state index in [4.69, 9.17) is 10.5 Å². The van der Waals surface area contributed by atoms with Crippen LogP contribution in [0.4, 0.5) is 5.82 Å². The Morgan fingerprint density at radius 2 is 2.31 bits per heavy atom. The van der Waals surface area contributed by atoms with Crippen molar-refractivity contribution in [2.24, 2.45) is 0 Å². The van der Waals surface area contributed by atoms with Crippen molar-refractivity contribution in [3.05, 3.63) is 30.2 Å². The third kappa shape index (κ3) is 2.38. The Labute approximate surface area is 93.7 Å². The minimum atomic E-state index is 0.384. The molecule has 0 radical (unpaired) electrons. The first kappa shape index (κ1) is 10.6. The van der Waals surface area contributed by atoms with Gasteiger partial charge in [0, 0.05) is 18.9 Å². The van der Waals surface area contributed by atoms with E-state index in [-0.39, 0.29) is 0 Å². The van der Waals surface area contributed by atoms with E-state index in [0.717, 1.165) is 11.4 Å². The summed E-state index contributed by atoms with van der Waals surface area (Å²) in [5.41, 5.74) is 7.42. The summed E-state index contributed by atoms with van der Waals surface area (Å²) in [6.07, 6.45) is 1.84. The summed E-state index contributed by atoms with van der Waals surface area (Å²) in [6, 6.07) is 5.59. The van der Waals surface area contributed by atoms with Gasteiger partial charge in [0.15, 0.2) is 5.82 Å². The Bertz CT molecular complexity index is 453. The van der Waals surface area contributed by atoms with Crippen LogP contribution in [0, 0.1) is 0 Å². The quantitative estimate of drug-likeness (QED) is 0.817. The predicted molar refractivity (Wildman–Crippen MR) is 61.6 cm³/mol. The van der Waals surface area contributed by atoms with E-state index < -0.39 is 0 Å². The standard InChI is InChI=1S/C11H14N4O/c1-2-16-7-11-14-9(6-10(12)15-11)8-4-3-5-13-8/h3-6,13H,2,7H2,1H3,(H2,12,14,15). The van der Waals surface area contributed by atoms with E-state index in [1.54, 1.807) is 6.07 Å². The molecule has 16 heavy (non-hydrogen) atoms. The smallest absolute Gasteiger partial charge is 0.157 e. The molecule has 0 saturated heterocycles.